The minimum atomic E-state index is -4.15. The van der Waals surface area contributed by atoms with Gasteiger partial charge in [0.25, 0.3) is 10.0 Å². The zero-order valence-corrected chi connectivity index (χ0v) is 25.9. The van der Waals surface area contributed by atoms with Crippen LogP contribution >= 0.6 is 23.2 Å². The first-order chi connectivity index (χ1) is 18.6. The normalized spacial score (nSPS) is 12.5. The molecular weight excluding hydrogens is 569 g/mol. The van der Waals surface area contributed by atoms with Crippen molar-refractivity contribution in [3.8, 4) is 0 Å². The van der Waals surface area contributed by atoms with E-state index in [1.54, 1.807) is 68.4 Å². The van der Waals surface area contributed by atoms with Gasteiger partial charge in [0.2, 0.25) is 11.8 Å². The molecule has 3 rings (SSSR count). The number of halogens is 2. The van der Waals surface area contributed by atoms with Crippen LogP contribution in [0.15, 0.2) is 71.6 Å². The van der Waals surface area contributed by atoms with E-state index in [1.807, 2.05) is 27.7 Å². The van der Waals surface area contributed by atoms with Crippen molar-refractivity contribution in [2.75, 3.05) is 10.8 Å². The van der Waals surface area contributed by atoms with Gasteiger partial charge in [-0.2, -0.15) is 0 Å². The van der Waals surface area contributed by atoms with Gasteiger partial charge in [-0.25, -0.2) is 8.42 Å². The molecule has 0 aliphatic carbocycles. The number of aryl methyl sites for hydroxylation is 2. The number of nitrogens with zero attached hydrogens (tertiary/aromatic N) is 2. The molecule has 0 spiro atoms. The summed E-state index contributed by atoms with van der Waals surface area (Å²) in [5, 5.41) is 3.55. The number of sulfonamides is 1. The molecule has 7 nitrogen and oxygen atoms in total. The second kappa shape index (κ2) is 12.6. The molecule has 0 radical (unpaired) electrons. The number of rotatable bonds is 9. The van der Waals surface area contributed by atoms with Gasteiger partial charge in [-0.1, -0.05) is 65.2 Å². The Kier molecular flexibility index (Phi) is 9.93. The van der Waals surface area contributed by atoms with Crippen LogP contribution in [-0.2, 0) is 26.2 Å². The van der Waals surface area contributed by atoms with Crippen molar-refractivity contribution >= 4 is 50.7 Å². The van der Waals surface area contributed by atoms with E-state index in [2.05, 4.69) is 5.32 Å². The average molecular weight is 605 g/mol. The maximum atomic E-state index is 14.1. The van der Waals surface area contributed by atoms with E-state index in [-0.39, 0.29) is 11.4 Å². The number of carbonyl (C=O) groups is 2. The minimum absolute atomic E-state index is 0.0494. The molecule has 2 amide bonds. The fraction of sp³-hybridized carbons (Fsp3) is 0.333. The van der Waals surface area contributed by atoms with E-state index in [0.29, 0.717) is 26.9 Å². The fourth-order valence-corrected chi connectivity index (χ4v) is 6.10. The SMILES string of the molecule is Cc1ccc(S(=O)(=O)N(CC(=O)N(Cc2c(Cl)cccc2Cl)[C@H](C)C(=O)NC(C)(C)C)c2ccccc2C)cc1. The van der Waals surface area contributed by atoms with E-state index >= 15 is 0 Å². The van der Waals surface area contributed by atoms with Crippen LogP contribution in [0.1, 0.15) is 44.4 Å². The molecule has 0 heterocycles. The van der Waals surface area contributed by atoms with Crippen LogP contribution in [-0.4, -0.2) is 43.3 Å². The number of hydrogen-bond acceptors (Lipinski definition) is 4. The van der Waals surface area contributed by atoms with Crippen LogP contribution in [0.2, 0.25) is 10.0 Å². The Balaban J connectivity index is 2.09. The monoisotopic (exact) mass is 603 g/mol. The lowest BCUT2D eigenvalue weighted by molar-refractivity contribution is -0.140. The number of para-hydroxylation sites is 1. The fourth-order valence-electron chi connectivity index (χ4n) is 4.10. The molecule has 40 heavy (non-hydrogen) atoms. The highest BCUT2D eigenvalue weighted by molar-refractivity contribution is 7.92. The Morgan fingerprint density at radius 2 is 1.48 bits per heavy atom. The number of carbonyl (C=O) groups excluding carboxylic acids is 2. The van der Waals surface area contributed by atoms with Gasteiger partial charge >= 0.3 is 0 Å². The first-order valence-corrected chi connectivity index (χ1v) is 15.0. The smallest absolute Gasteiger partial charge is 0.264 e. The molecule has 1 N–H and O–H groups in total. The van der Waals surface area contributed by atoms with Crippen LogP contribution in [0.3, 0.4) is 0 Å². The van der Waals surface area contributed by atoms with Gasteiger partial charge in [0, 0.05) is 27.7 Å². The highest BCUT2D eigenvalue weighted by Crippen LogP contribution is 2.29. The second-order valence-electron chi connectivity index (χ2n) is 10.7. The Morgan fingerprint density at radius 3 is 2.02 bits per heavy atom. The van der Waals surface area contributed by atoms with Gasteiger partial charge in [-0.05, 0) is 77.4 Å². The van der Waals surface area contributed by atoms with Crippen LogP contribution in [0.5, 0.6) is 0 Å². The molecule has 0 bridgehead atoms. The molecule has 10 heteroatoms. The summed E-state index contributed by atoms with van der Waals surface area (Å²) < 4.78 is 29.0. The maximum absolute atomic E-state index is 14.1. The molecule has 0 unspecified atom stereocenters. The molecule has 0 aliphatic rings. The van der Waals surface area contributed by atoms with E-state index in [0.717, 1.165) is 9.87 Å². The summed E-state index contributed by atoms with van der Waals surface area (Å²) in [5.74, 6) is -0.987. The topological polar surface area (TPSA) is 86.8 Å². The number of anilines is 1. The van der Waals surface area contributed by atoms with E-state index < -0.39 is 40.0 Å². The Morgan fingerprint density at radius 1 is 0.900 bits per heavy atom. The number of hydrogen-bond donors (Lipinski definition) is 1. The first kappa shape index (κ1) is 31.5. The summed E-state index contributed by atoms with van der Waals surface area (Å²) in [6.45, 7) is 10.1. The van der Waals surface area contributed by atoms with Crippen LogP contribution in [0.4, 0.5) is 5.69 Å². The Bertz CT molecular complexity index is 1470. The van der Waals surface area contributed by atoms with Gasteiger partial charge in [0.05, 0.1) is 10.6 Å². The third-order valence-electron chi connectivity index (χ3n) is 6.33. The van der Waals surface area contributed by atoms with Gasteiger partial charge in [-0.15, -0.1) is 0 Å². The summed E-state index contributed by atoms with van der Waals surface area (Å²) >= 11 is 12.9. The largest absolute Gasteiger partial charge is 0.350 e. The molecule has 214 valence electrons. The van der Waals surface area contributed by atoms with Gasteiger partial charge in [0.15, 0.2) is 0 Å². The van der Waals surface area contributed by atoms with Crippen LogP contribution in [0, 0.1) is 13.8 Å². The Labute approximate surface area is 247 Å². The highest BCUT2D eigenvalue weighted by Gasteiger charge is 2.34. The van der Waals surface area contributed by atoms with Crippen molar-refractivity contribution < 1.29 is 18.0 Å². The molecule has 3 aromatic carbocycles. The summed E-state index contributed by atoms with van der Waals surface area (Å²) in [7, 11) is -4.15. The van der Waals surface area contributed by atoms with Crippen molar-refractivity contribution in [3.63, 3.8) is 0 Å². The molecule has 3 aromatic rings. The molecule has 0 aliphatic heterocycles. The molecule has 0 fully saturated rings. The summed E-state index contributed by atoms with van der Waals surface area (Å²) in [5.41, 5.74) is 1.84. The first-order valence-electron chi connectivity index (χ1n) is 12.8. The van der Waals surface area contributed by atoms with Crippen molar-refractivity contribution in [3.05, 3.63) is 93.5 Å². The van der Waals surface area contributed by atoms with E-state index in [4.69, 9.17) is 23.2 Å². The van der Waals surface area contributed by atoms with E-state index in [9.17, 15) is 18.0 Å². The third-order valence-corrected chi connectivity index (χ3v) is 8.81. The lowest BCUT2D eigenvalue weighted by atomic mass is 10.1. The lowest BCUT2D eigenvalue weighted by Crippen LogP contribution is -2.54. The average Bonchev–Trinajstić information content (AvgIpc) is 2.86. The highest BCUT2D eigenvalue weighted by atomic mass is 35.5. The summed E-state index contributed by atoms with van der Waals surface area (Å²) in [4.78, 5) is 28.6. The number of nitrogens with one attached hydrogen (secondary N) is 1. The van der Waals surface area contributed by atoms with Gasteiger partial charge in [0.1, 0.15) is 12.6 Å². The second-order valence-corrected chi connectivity index (χ2v) is 13.4. The predicted octanol–water partition coefficient (Wildman–Crippen LogP) is 6.14. The quantitative estimate of drug-likeness (QED) is 0.318. The van der Waals surface area contributed by atoms with Crippen molar-refractivity contribution in [1.82, 2.24) is 10.2 Å². The zero-order valence-electron chi connectivity index (χ0n) is 23.5. The summed E-state index contributed by atoms with van der Waals surface area (Å²) in [6.07, 6.45) is 0. The van der Waals surface area contributed by atoms with Crippen molar-refractivity contribution in [1.29, 1.82) is 0 Å². The molecular formula is C30H35Cl2N3O4S. The standard InChI is InChI=1S/C30H35Cl2N3O4S/c1-20-14-16-23(17-15-20)40(38,39)35(27-13-8-7-10-21(27)2)19-28(36)34(22(3)29(37)33-30(4,5)6)18-24-25(31)11-9-12-26(24)32/h7-17,22H,18-19H2,1-6H3,(H,33,37)/t22-/m1/s1. The molecule has 1 atom stereocenters. The van der Waals surface area contributed by atoms with Crippen molar-refractivity contribution in [2.24, 2.45) is 0 Å². The van der Waals surface area contributed by atoms with Gasteiger partial charge in [-0.3, -0.25) is 13.9 Å². The van der Waals surface area contributed by atoms with Gasteiger partial charge < -0.3 is 10.2 Å². The van der Waals surface area contributed by atoms with Crippen LogP contribution < -0.4 is 9.62 Å². The third kappa shape index (κ3) is 7.56. The lowest BCUT2D eigenvalue weighted by Gasteiger charge is -2.34. The minimum Gasteiger partial charge on any atom is -0.350 e. The predicted molar refractivity (Wildman–Crippen MR) is 161 cm³/mol. The number of benzene rings is 3. The Hall–Kier alpha value is -3.07. The number of amides is 2. The summed E-state index contributed by atoms with van der Waals surface area (Å²) in [6, 6.07) is 17.4. The maximum Gasteiger partial charge on any atom is 0.264 e. The van der Waals surface area contributed by atoms with Crippen LogP contribution in [0.25, 0.3) is 0 Å². The molecule has 0 aromatic heterocycles. The van der Waals surface area contributed by atoms with E-state index in [1.165, 1.54) is 17.0 Å². The zero-order chi connectivity index (χ0) is 29.8. The molecule has 0 saturated heterocycles. The van der Waals surface area contributed by atoms with Crippen molar-refractivity contribution in [2.45, 2.75) is 64.6 Å². The molecule has 0 saturated carbocycles.